The summed E-state index contributed by atoms with van der Waals surface area (Å²) in [5, 5.41) is 12.5. The van der Waals surface area contributed by atoms with Gasteiger partial charge in [0.15, 0.2) is 0 Å². The second kappa shape index (κ2) is 9.09. The van der Waals surface area contributed by atoms with Crippen molar-refractivity contribution in [1.82, 2.24) is 19.9 Å². The minimum absolute atomic E-state index is 0.348. The van der Waals surface area contributed by atoms with E-state index in [1.165, 1.54) is 0 Å². The maximum atomic E-state index is 11.3. The molecule has 0 fully saturated rings. The maximum absolute atomic E-state index is 11.3. The van der Waals surface area contributed by atoms with Gasteiger partial charge < -0.3 is 15.2 Å². The molecule has 3 rings (SSSR count). The zero-order valence-corrected chi connectivity index (χ0v) is 16.6. The number of aryl methyl sites for hydroxylation is 1. The third-order valence-electron chi connectivity index (χ3n) is 4.45. The molecule has 2 N–H and O–H groups in total. The molecule has 3 aromatic rings. The van der Waals surface area contributed by atoms with Crippen molar-refractivity contribution in [2.24, 2.45) is 5.92 Å². The average Bonchev–Trinajstić information content (AvgIpc) is 2.71. The zero-order valence-electron chi connectivity index (χ0n) is 16.6. The van der Waals surface area contributed by atoms with Gasteiger partial charge in [-0.05, 0) is 37.1 Å². The number of hydrogen-bond donors (Lipinski definition) is 2. The lowest BCUT2D eigenvalue weighted by molar-refractivity contribution is -0.141. The van der Waals surface area contributed by atoms with Crippen LogP contribution in [0.1, 0.15) is 24.6 Å². The fourth-order valence-corrected chi connectivity index (χ4v) is 2.95. The van der Waals surface area contributed by atoms with Gasteiger partial charge >= 0.3 is 5.97 Å². The van der Waals surface area contributed by atoms with Gasteiger partial charge in [0.1, 0.15) is 0 Å². The number of anilines is 2. The van der Waals surface area contributed by atoms with E-state index in [0.717, 1.165) is 16.8 Å². The zero-order chi connectivity index (χ0) is 20.8. The Morgan fingerprint density at radius 1 is 1.24 bits per heavy atom. The van der Waals surface area contributed by atoms with Crippen molar-refractivity contribution < 1.29 is 14.6 Å². The van der Waals surface area contributed by atoms with Crippen LogP contribution >= 0.6 is 0 Å². The maximum Gasteiger partial charge on any atom is 0.306 e. The number of rotatable bonds is 8. The van der Waals surface area contributed by atoms with Crippen molar-refractivity contribution in [3.05, 3.63) is 54.1 Å². The largest absolute Gasteiger partial charge is 0.481 e. The van der Waals surface area contributed by atoms with Crippen molar-refractivity contribution in [3.8, 4) is 17.1 Å². The van der Waals surface area contributed by atoms with Crippen molar-refractivity contribution >= 4 is 17.6 Å². The smallest absolute Gasteiger partial charge is 0.306 e. The van der Waals surface area contributed by atoms with Gasteiger partial charge in [-0.25, -0.2) is 9.97 Å². The van der Waals surface area contributed by atoms with E-state index < -0.39 is 11.9 Å². The molecular formula is C21H23N5O3. The number of carbonyl (C=O) groups is 1. The molecule has 8 heteroatoms. The van der Waals surface area contributed by atoms with Crippen LogP contribution in [-0.4, -0.2) is 38.1 Å². The Balaban J connectivity index is 1.87. The molecule has 0 spiro atoms. The predicted octanol–water partition coefficient (Wildman–Crippen LogP) is 3.65. The Kier molecular flexibility index (Phi) is 6.33. The van der Waals surface area contributed by atoms with Crippen LogP contribution in [0.4, 0.5) is 11.6 Å². The van der Waals surface area contributed by atoms with Gasteiger partial charge in [0.25, 0.3) is 0 Å². The molecule has 0 aliphatic carbocycles. The summed E-state index contributed by atoms with van der Waals surface area (Å²) in [6, 6.07) is 7.58. The number of aromatic nitrogens is 4. The first-order chi connectivity index (χ1) is 14.0. The van der Waals surface area contributed by atoms with Gasteiger partial charge in [-0.2, -0.15) is 4.98 Å². The number of nitrogens with one attached hydrogen (secondary N) is 1. The first-order valence-electron chi connectivity index (χ1n) is 9.28. The summed E-state index contributed by atoms with van der Waals surface area (Å²) in [7, 11) is 1.55. The summed E-state index contributed by atoms with van der Waals surface area (Å²) in [5.74, 6) is -0.398. The fourth-order valence-electron chi connectivity index (χ4n) is 2.95. The third-order valence-corrected chi connectivity index (χ3v) is 4.45. The first kappa shape index (κ1) is 20.2. The summed E-state index contributed by atoms with van der Waals surface area (Å²) in [6.07, 6.45) is 5.80. The molecule has 1 atom stereocenters. The number of hydrogen-bond acceptors (Lipinski definition) is 7. The van der Waals surface area contributed by atoms with E-state index in [0.29, 0.717) is 36.1 Å². The lowest BCUT2D eigenvalue weighted by atomic mass is 10.0. The van der Waals surface area contributed by atoms with E-state index in [2.05, 4.69) is 25.3 Å². The Hall–Kier alpha value is -3.55. The monoisotopic (exact) mass is 393 g/mol. The van der Waals surface area contributed by atoms with Crippen molar-refractivity contribution in [3.63, 3.8) is 0 Å². The number of methoxy groups -OCH3 is 1. The van der Waals surface area contributed by atoms with E-state index in [-0.39, 0.29) is 0 Å². The minimum Gasteiger partial charge on any atom is -0.481 e. The molecule has 0 aliphatic rings. The molecule has 1 unspecified atom stereocenters. The van der Waals surface area contributed by atoms with Crippen LogP contribution in [-0.2, 0) is 11.2 Å². The minimum atomic E-state index is -0.819. The number of carboxylic acids is 1. The molecule has 1 aromatic carbocycles. The highest BCUT2D eigenvalue weighted by atomic mass is 16.5. The molecule has 2 heterocycles. The lowest BCUT2D eigenvalue weighted by Crippen LogP contribution is -2.16. The topological polar surface area (TPSA) is 110 Å². The van der Waals surface area contributed by atoms with Crippen LogP contribution in [0.2, 0.25) is 0 Å². The number of nitrogens with zero attached hydrogens (tertiary/aromatic N) is 4. The predicted molar refractivity (Wildman–Crippen MR) is 109 cm³/mol. The van der Waals surface area contributed by atoms with Crippen LogP contribution in [0.25, 0.3) is 11.3 Å². The fraction of sp³-hybridized carbons (Fsp3) is 0.286. The molecule has 0 bridgehead atoms. The van der Waals surface area contributed by atoms with Crippen molar-refractivity contribution in [1.29, 1.82) is 0 Å². The normalized spacial score (nSPS) is 11.7. The molecular weight excluding hydrogens is 370 g/mol. The number of aliphatic carboxylic acids is 1. The van der Waals surface area contributed by atoms with Gasteiger partial charge in [0, 0.05) is 36.1 Å². The quantitative estimate of drug-likeness (QED) is 0.597. The van der Waals surface area contributed by atoms with Crippen LogP contribution < -0.4 is 10.1 Å². The van der Waals surface area contributed by atoms with Gasteiger partial charge in [0.05, 0.1) is 30.6 Å². The molecule has 150 valence electrons. The second-order valence-electron chi connectivity index (χ2n) is 6.68. The molecule has 0 radical (unpaired) electrons. The summed E-state index contributed by atoms with van der Waals surface area (Å²) >= 11 is 0. The third kappa shape index (κ3) is 5.25. The van der Waals surface area contributed by atoms with Gasteiger partial charge in [-0.15, -0.1) is 0 Å². The van der Waals surface area contributed by atoms with Gasteiger partial charge in [-0.3, -0.25) is 9.78 Å². The molecule has 0 aliphatic heterocycles. The highest BCUT2D eigenvalue weighted by Crippen LogP contribution is 2.25. The molecule has 0 amide bonds. The summed E-state index contributed by atoms with van der Waals surface area (Å²) in [6.45, 7) is 3.84. The van der Waals surface area contributed by atoms with Crippen LogP contribution in [0.3, 0.4) is 0 Å². The standard InChI is InChI=1S/C21H23N5O3/c1-4-14(20(27)28)9-17-11-22-12-18(24-17)15-7-13(2)8-16(10-15)25-21-23-6-5-19(26-21)29-3/h5-8,10-12,14H,4,9H2,1-3H3,(H,27,28)(H,23,25,26). The van der Waals surface area contributed by atoms with Gasteiger partial charge in [0.2, 0.25) is 11.8 Å². The summed E-state index contributed by atoms with van der Waals surface area (Å²) in [4.78, 5) is 28.7. The summed E-state index contributed by atoms with van der Waals surface area (Å²) < 4.78 is 5.13. The van der Waals surface area contributed by atoms with Crippen molar-refractivity contribution in [2.45, 2.75) is 26.7 Å². The number of carboxylic acid groups (broad SMARTS) is 1. The highest BCUT2D eigenvalue weighted by Gasteiger charge is 2.17. The molecule has 0 saturated carbocycles. The molecule has 29 heavy (non-hydrogen) atoms. The lowest BCUT2D eigenvalue weighted by Gasteiger charge is -2.11. The first-order valence-corrected chi connectivity index (χ1v) is 9.28. The number of ether oxygens (including phenoxy) is 1. The van der Waals surface area contributed by atoms with Crippen LogP contribution in [0, 0.1) is 12.8 Å². The van der Waals surface area contributed by atoms with Crippen LogP contribution in [0.5, 0.6) is 5.88 Å². The molecule has 0 saturated heterocycles. The Morgan fingerprint density at radius 2 is 2.07 bits per heavy atom. The van der Waals surface area contributed by atoms with E-state index in [9.17, 15) is 9.90 Å². The van der Waals surface area contributed by atoms with E-state index in [1.807, 2.05) is 32.0 Å². The Bertz CT molecular complexity index is 1010. The van der Waals surface area contributed by atoms with Gasteiger partial charge in [-0.1, -0.05) is 6.92 Å². The SMILES string of the molecule is CCC(Cc1cncc(-c2cc(C)cc(Nc3nccc(OC)n3)c2)n1)C(=O)O. The van der Waals surface area contributed by atoms with E-state index in [4.69, 9.17) is 4.74 Å². The Labute approximate surface area is 169 Å². The highest BCUT2D eigenvalue weighted by molar-refractivity contribution is 5.70. The number of benzene rings is 1. The van der Waals surface area contributed by atoms with Crippen LogP contribution in [0.15, 0.2) is 42.9 Å². The van der Waals surface area contributed by atoms with Crippen molar-refractivity contribution in [2.75, 3.05) is 12.4 Å². The average molecular weight is 393 g/mol. The summed E-state index contributed by atoms with van der Waals surface area (Å²) in [5.41, 5.74) is 4.03. The molecule has 8 nitrogen and oxygen atoms in total. The van der Waals surface area contributed by atoms with E-state index in [1.54, 1.807) is 31.8 Å². The molecule has 2 aromatic heterocycles. The van der Waals surface area contributed by atoms with E-state index >= 15 is 0 Å². The Morgan fingerprint density at radius 3 is 2.79 bits per heavy atom. The second-order valence-corrected chi connectivity index (χ2v) is 6.68.